The molecule has 0 saturated heterocycles. The Kier molecular flexibility index (Phi) is 7.90. The second-order valence-electron chi connectivity index (χ2n) is 10.3. The number of ether oxygens (including phenoxy) is 1. The lowest BCUT2D eigenvalue weighted by Crippen LogP contribution is -2.33. The van der Waals surface area contributed by atoms with Crippen molar-refractivity contribution in [3.8, 4) is 11.8 Å². The molecule has 3 rings (SSSR count). The second-order valence-corrected chi connectivity index (χ2v) is 10.3. The summed E-state index contributed by atoms with van der Waals surface area (Å²) in [6.45, 7) is 15.3. The zero-order valence-electron chi connectivity index (χ0n) is 22.0. The highest BCUT2D eigenvalue weighted by Gasteiger charge is 2.29. The fourth-order valence-electron chi connectivity index (χ4n) is 3.87. The summed E-state index contributed by atoms with van der Waals surface area (Å²) in [5.74, 6) is 0.898. The van der Waals surface area contributed by atoms with Gasteiger partial charge in [0.15, 0.2) is 11.7 Å². The number of anilines is 1. The molecule has 6 nitrogen and oxygen atoms in total. The molecule has 0 spiro atoms. The summed E-state index contributed by atoms with van der Waals surface area (Å²) in [6.07, 6.45) is 1.97. The van der Waals surface area contributed by atoms with Gasteiger partial charge in [0.2, 0.25) is 5.89 Å². The number of aromatic nitrogens is 1. The molecule has 0 aliphatic carbocycles. The molecule has 0 bridgehead atoms. The van der Waals surface area contributed by atoms with Crippen LogP contribution in [0.25, 0.3) is 11.1 Å². The molecule has 0 aliphatic heterocycles. The summed E-state index contributed by atoms with van der Waals surface area (Å²) < 4.78 is 11.9. The topological polar surface area (TPSA) is 88.1 Å². The minimum Gasteiger partial charge on any atom is -0.480 e. The van der Waals surface area contributed by atoms with E-state index >= 15 is 0 Å². The van der Waals surface area contributed by atoms with Crippen LogP contribution in [0.3, 0.4) is 0 Å². The Morgan fingerprint density at radius 3 is 2.43 bits per heavy atom. The maximum atomic E-state index is 13.2. The van der Waals surface area contributed by atoms with Crippen LogP contribution in [0.5, 0.6) is 5.75 Å². The van der Waals surface area contributed by atoms with Crippen molar-refractivity contribution >= 4 is 22.7 Å². The van der Waals surface area contributed by atoms with Crippen LogP contribution in [0.15, 0.2) is 40.8 Å². The standard InChI is InChI=1S/C29H37N3O3/c1-8-23(27(33)31-20-12-14-25-22(18-20)32-26(35-25)15-16-30)34-24-13-11-19(28(4,5)9-2)17-21(24)29(6,7)10-3/h11-14,17-18,23H,8-10,15H2,1-7H3,(H,31,33). The van der Waals surface area contributed by atoms with E-state index in [1.807, 2.05) is 19.1 Å². The summed E-state index contributed by atoms with van der Waals surface area (Å²) >= 11 is 0. The lowest BCUT2D eigenvalue weighted by Gasteiger charge is -2.31. The van der Waals surface area contributed by atoms with Crippen molar-refractivity contribution in [1.82, 2.24) is 4.98 Å². The van der Waals surface area contributed by atoms with Gasteiger partial charge in [0.25, 0.3) is 5.91 Å². The van der Waals surface area contributed by atoms with Crippen molar-refractivity contribution in [3.63, 3.8) is 0 Å². The van der Waals surface area contributed by atoms with Gasteiger partial charge < -0.3 is 14.5 Å². The van der Waals surface area contributed by atoms with E-state index in [9.17, 15) is 4.79 Å². The maximum Gasteiger partial charge on any atom is 0.265 e. The zero-order valence-corrected chi connectivity index (χ0v) is 22.0. The molecule has 6 heteroatoms. The van der Waals surface area contributed by atoms with Crippen LogP contribution in [0.4, 0.5) is 5.69 Å². The van der Waals surface area contributed by atoms with Crippen LogP contribution in [-0.2, 0) is 22.0 Å². The van der Waals surface area contributed by atoms with Crippen LogP contribution < -0.4 is 10.1 Å². The van der Waals surface area contributed by atoms with Gasteiger partial charge in [-0.15, -0.1) is 0 Å². The predicted octanol–water partition coefficient (Wildman–Crippen LogP) is 7.07. The Hall–Kier alpha value is -3.33. The molecule has 0 fully saturated rings. The number of nitriles is 1. The maximum absolute atomic E-state index is 13.2. The number of benzene rings is 2. The number of oxazole rings is 1. The molecular formula is C29H37N3O3. The van der Waals surface area contributed by atoms with E-state index in [1.54, 1.807) is 18.2 Å². The lowest BCUT2D eigenvalue weighted by atomic mass is 9.76. The van der Waals surface area contributed by atoms with Crippen molar-refractivity contribution in [2.45, 2.75) is 91.1 Å². The summed E-state index contributed by atoms with van der Waals surface area (Å²) in [4.78, 5) is 17.5. The van der Waals surface area contributed by atoms with Gasteiger partial charge in [0.1, 0.15) is 17.7 Å². The van der Waals surface area contributed by atoms with E-state index in [2.05, 4.69) is 64.0 Å². The number of nitrogens with zero attached hydrogens (tertiary/aromatic N) is 2. The van der Waals surface area contributed by atoms with Gasteiger partial charge in [0, 0.05) is 11.3 Å². The van der Waals surface area contributed by atoms with Crippen LogP contribution >= 0.6 is 0 Å². The molecule has 1 amide bonds. The number of hydrogen-bond donors (Lipinski definition) is 1. The summed E-state index contributed by atoms with van der Waals surface area (Å²) in [5.41, 5.74) is 4.16. The van der Waals surface area contributed by atoms with E-state index in [4.69, 9.17) is 14.4 Å². The third-order valence-corrected chi connectivity index (χ3v) is 7.12. The first-order valence-corrected chi connectivity index (χ1v) is 12.4. The number of amides is 1. The zero-order chi connectivity index (χ0) is 25.8. The molecule has 3 aromatic rings. The van der Waals surface area contributed by atoms with E-state index < -0.39 is 6.10 Å². The SMILES string of the molecule is CCC(Oc1ccc(C(C)(C)CC)cc1C(C)(C)CC)C(=O)Nc1ccc2oc(CC#N)nc2c1. The minimum absolute atomic E-state index is 0.0610. The van der Waals surface area contributed by atoms with Crippen molar-refractivity contribution in [2.24, 2.45) is 0 Å². The third kappa shape index (κ3) is 5.85. The normalized spacial score (nSPS) is 12.9. The quantitative estimate of drug-likeness (QED) is 0.339. The fraction of sp³-hybridized carbons (Fsp3) is 0.483. The monoisotopic (exact) mass is 475 g/mol. The number of hydrogen-bond acceptors (Lipinski definition) is 5. The van der Waals surface area contributed by atoms with Crippen LogP contribution in [0.2, 0.25) is 0 Å². The van der Waals surface area contributed by atoms with Gasteiger partial charge >= 0.3 is 0 Å². The van der Waals surface area contributed by atoms with E-state index in [0.717, 1.165) is 24.2 Å². The number of carbonyl (C=O) groups excluding carboxylic acids is 1. The van der Waals surface area contributed by atoms with E-state index in [0.29, 0.717) is 29.1 Å². The van der Waals surface area contributed by atoms with Crippen LogP contribution in [0.1, 0.15) is 84.7 Å². The Balaban J connectivity index is 1.86. The molecule has 1 atom stereocenters. The highest BCUT2D eigenvalue weighted by molar-refractivity contribution is 5.95. The summed E-state index contributed by atoms with van der Waals surface area (Å²) in [7, 11) is 0. The summed E-state index contributed by atoms with van der Waals surface area (Å²) in [5, 5.41) is 11.8. The Labute approximate surface area is 208 Å². The van der Waals surface area contributed by atoms with Crippen molar-refractivity contribution in [1.29, 1.82) is 5.26 Å². The van der Waals surface area contributed by atoms with Gasteiger partial charge in [-0.1, -0.05) is 60.6 Å². The number of carbonyl (C=O) groups is 1. The minimum atomic E-state index is -0.645. The van der Waals surface area contributed by atoms with Gasteiger partial charge in [-0.2, -0.15) is 5.26 Å². The van der Waals surface area contributed by atoms with E-state index in [-0.39, 0.29) is 23.2 Å². The molecule has 0 radical (unpaired) electrons. The van der Waals surface area contributed by atoms with Crippen LogP contribution in [0, 0.1) is 11.3 Å². The molecule has 1 aromatic heterocycles. The highest BCUT2D eigenvalue weighted by Crippen LogP contribution is 2.39. The van der Waals surface area contributed by atoms with Crippen LogP contribution in [-0.4, -0.2) is 17.0 Å². The average molecular weight is 476 g/mol. The Morgan fingerprint density at radius 2 is 1.80 bits per heavy atom. The molecule has 1 unspecified atom stereocenters. The first kappa shape index (κ1) is 26.3. The third-order valence-electron chi connectivity index (χ3n) is 7.12. The average Bonchev–Trinajstić information content (AvgIpc) is 3.24. The first-order valence-electron chi connectivity index (χ1n) is 12.4. The highest BCUT2D eigenvalue weighted by atomic mass is 16.5. The molecule has 186 valence electrons. The van der Waals surface area contributed by atoms with Gasteiger partial charge in [-0.05, 0) is 59.9 Å². The molecule has 1 N–H and O–H groups in total. The Bertz CT molecular complexity index is 1230. The largest absolute Gasteiger partial charge is 0.480 e. The molecule has 0 saturated carbocycles. The molecule has 1 heterocycles. The predicted molar refractivity (Wildman–Crippen MR) is 140 cm³/mol. The van der Waals surface area contributed by atoms with Crippen molar-refractivity contribution in [3.05, 3.63) is 53.4 Å². The molecule has 35 heavy (non-hydrogen) atoms. The second kappa shape index (κ2) is 10.5. The molecular weight excluding hydrogens is 438 g/mol. The number of nitrogens with one attached hydrogen (secondary N) is 1. The molecule has 2 aromatic carbocycles. The van der Waals surface area contributed by atoms with Gasteiger partial charge in [0.05, 0.1) is 6.07 Å². The molecule has 0 aliphatic rings. The fourth-order valence-corrected chi connectivity index (χ4v) is 3.87. The van der Waals surface area contributed by atoms with Gasteiger partial charge in [-0.25, -0.2) is 4.98 Å². The van der Waals surface area contributed by atoms with Gasteiger partial charge in [-0.3, -0.25) is 4.79 Å². The lowest BCUT2D eigenvalue weighted by molar-refractivity contribution is -0.122. The number of rotatable bonds is 10. The van der Waals surface area contributed by atoms with Crippen molar-refractivity contribution < 1.29 is 13.9 Å². The first-order chi connectivity index (χ1) is 16.5. The summed E-state index contributed by atoms with van der Waals surface area (Å²) in [6, 6.07) is 13.7. The number of fused-ring (bicyclic) bond motifs is 1. The Morgan fingerprint density at radius 1 is 1.09 bits per heavy atom. The van der Waals surface area contributed by atoms with E-state index in [1.165, 1.54) is 5.56 Å². The smallest absolute Gasteiger partial charge is 0.265 e. The van der Waals surface area contributed by atoms with Crippen molar-refractivity contribution in [2.75, 3.05) is 5.32 Å².